The zero-order chi connectivity index (χ0) is 7.23. The van der Waals surface area contributed by atoms with Gasteiger partial charge in [0.1, 0.15) is 0 Å². The van der Waals surface area contributed by atoms with Crippen LogP contribution in [0.5, 0.6) is 0 Å². The summed E-state index contributed by atoms with van der Waals surface area (Å²) < 4.78 is 0. The summed E-state index contributed by atoms with van der Waals surface area (Å²) in [6.45, 7) is 4.78. The predicted octanol–water partition coefficient (Wildman–Crippen LogP) is 2.43. The maximum absolute atomic E-state index is 4.24. The number of rotatable bonds is 2. The highest BCUT2D eigenvalue weighted by molar-refractivity contribution is 5.57. The van der Waals surface area contributed by atoms with Crippen molar-refractivity contribution < 1.29 is 0 Å². The van der Waals surface area contributed by atoms with Gasteiger partial charge in [0, 0.05) is 6.54 Å². The molecule has 0 spiro atoms. The molecule has 0 aliphatic carbocycles. The first-order valence-electron chi connectivity index (χ1n) is 4.02. The number of aliphatic imine (C=N–C) groups is 1. The molecule has 1 nitrogen and oxygen atoms in total. The molecule has 0 saturated carbocycles. The molecule has 0 saturated heterocycles. The van der Waals surface area contributed by atoms with Crippen LogP contribution in [0.4, 0.5) is 0 Å². The van der Waals surface area contributed by atoms with Crippen LogP contribution in [-0.4, -0.2) is 12.8 Å². The number of allylic oxidation sites excluding steroid dienone is 1. The third-order valence-electron chi connectivity index (χ3n) is 1.97. The second-order valence-electron chi connectivity index (χ2n) is 2.86. The average molecular weight is 137 g/mol. The Bertz CT molecular complexity index is 127. The lowest BCUT2D eigenvalue weighted by Gasteiger charge is -2.07. The van der Waals surface area contributed by atoms with Gasteiger partial charge in [-0.05, 0) is 37.8 Å². The normalized spacial score (nSPS) is 25.8. The van der Waals surface area contributed by atoms with E-state index in [1.165, 1.54) is 12.8 Å². The molecule has 1 aliphatic heterocycles. The van der Waals surface area contributed by atoms with Crippen molar-refractivity contribution in [3.8, 4) is 0 Å². The Balaban J connectivity index is 2.29. The Kier molecular flexibility index (Phi) is 3.20. The highest BCUT2D eigenvalue weighted by atomic mass is 14.7. The molecule has 0 aromatic rings. The molecule has 1 heteroatoms. The molecule has 1 aliphatic rings. The molecular weight excluding hydrogens is 122 g/mol. The van der Waals surface area contributed by atoms with Crippen LogP contribution in [0.3, 0.4) is 0 Å². The maximum atomic E-state index is 4.24. The van der Waals surface area contributed by atoms with Gasteiger partial charge in [-0.2, -0.15) is 0 Å². The van der Waals surface area contributed by atoms with Crippen molar-refractivity contribution >= 4 is 6.21 Å². The standard InChI is InChI=1S/C9H15N/c1-2-4-9-5-3-7-10-8-6-9/h2,8-9H,1,3-7H2. The minimum Gasteiger partial charge on any atom is -0.298 e. The largest absolute Gasteiger partial charge is 0.298 e. The Morgan fingerprint density at radius 1 is 1.70 bits per heavy atom. The summed E-state index contributed by atoms with van der Waals surface area (Å²) in [5.74, 6) is 0.823. The predicted molar refractivity (Wildman–Crippen MR) is 45.5 cm³/mol. The summed E-state index contributed by atoms with van der Waals surface area (Å²) in [5.41, 5.74) is 0. The van der Waals surface area contributed by atoms with E-state index in [-0.39, 0.29) is 0 Å². The molecular formula is C9H15N. The van der Waals surface area contributed by atoms with Gasteiger partial charge in [-0.3, -0.25) is 4.99 Å². The first kappa shape index (κ1) is 7.52. The first-order valence-corrected chi connectivity index (χ1v) is 4.02. The van der Waals surface area contributed by atoms with Crippen molar-refractivity contribution in [2.75, 3.05) is 6.54 Å². The summed E-state index contributed by atoms with van der Waals surface area (Å²) in [5, 5.41) is 0. The maximum Gasteiger partial charge on any atom is 0.0385 e. The van der Waals surface area contributed by atoms with E-state index in [4.69, 9.17) is 0 Å². The third-order valence-corrected chi connectivity index (χ3v) is 1.97. The van der Waals surface area contributed by atoms with Crippen LogP contribution in [0.2, 0.25) is 0 Å². The zero-order valence-corrected chi connectivity index (χ0v) is 6.42. The van der Waals surface area contributed by atoms with Crippen molar-refractivity contribution in [1.29, 1.82) is 0 Å². The summed E-state index contributed by atoms with van der Waals surface area (Å²) in [4.78, 5) is 4.24. The van der Waals surface area contributed by atoms with Gasteiger partial charge in [0.05, 0.1) is 0 Å². The van der Waals surface area contributed by atoms with Gasteiger partial charge >= 0.3 is 0 Å². The van der Waals surface area contributed by atoms with Gasteiger partial charge in [0.25, 0.3) is 0 Å². The smallest absolute Gasteiger partial charge is 0.0385 e. The van der Waals surface area contributed by atoms with Crippen LogP contribution in [0, 0.1) is 5.92 Å². The van der Waals surface area contributed by atoms with Crippen molar-refractivity contribution in [1.82, 2.24) is 0 Å². The molecule has 1 unspecified atom stereocenters. The molecule has 0 radical (unpaired) electrons. The van der Waals surface area contributed by atoms with Crippen LogP contribution < -0.4 is 0 Å². The molecule has 10 heavy (non-hydrogen) atoms. The molecule has 0 amide bonds. The molecule has 1 rings (SSSR count). The second-order valence-corrected chi connectivity index (χ2v) is 2.86. The van der Waals surface area contributed by atoms with Crippen LogP contribution in [0.15, 0.2) is 17.6 Å². The van der Waals surface area contributed by atoms with Gasteiger partial charge in [-0.15, -0.1) is 6.58 Å². The molecule has 1 heterocycles. The van der Waals surface area contributed by atoms with Gasteiger partial charge in [-0.25, -0.2) is 0 Å². The van der Waals surface area contributed by atoms with E-state index in [1.54, 1.807) is 0 Å². The highest BCUT2D eigenvalue weighted by Gasteiger charge is 2.06. The fraction of sp³-hybridized carbons (Fsp3) is 0.667. The van der Waals surface area contributed by atoms with Crippen molar-refractivity contribution in [2.24, 2.45) is 10.9 Å². The monoisotopic (exact) mass is 137 g/mol. The molecule has 0 aromatic carbocycles. The summed E-state index contributed by atoms with van der Waals surface area (Å²) in [6, 6.07) is 0. The first-order chi connectivity index (χ1) is 4.93. The molecule has 1 atom stereocenters. The topological polar surface area (TPSA) is 12.4 Å². The van der Waals surface area contributed by atoms with Gasteiger partial charge in [0.2, 0.25) is 0 Å². The minimum atomic E-state index is 0.823. The quantitative estimate of drug-likeness (QED) is 0.518. The van der Waals surface area contributed by atoms with Crippen molar-refractivity contribution in [2.45, 2.75) is 25.7 Å². The van der Waals surface area contributed by atoms with Crippen LogP contribution in [-0.2, 0) is 0 Å². The van der Waals surface area contributed by atoms with E-state index in [0.29, 0.717) is 0 Å². The highest BCUT2D eigenvalue weighted by Crippen LogP contribution is 2.16. The molecule has 0 fully saturated rings. The Morgan fingerprint density at radius 2 is 2.60 bits per heavy atom. The lowest BCUT2D eigenvalue weighted by molar-refractivity contribution is 0.508. The van der Waals surface area contributed by atoms with Gasteiger partial charge in [-0.1, -0.05) is 6.08 Å². The fourth-order valence-corrected chi connectivity index (χ4v) is 1.35. The number of hydrogen-bond acceptors (Lipinski definition) is 1. The van der Waals surface area contributed by atoms with Crippen LogP contribution >= 0.6 is 0 Å². The molecule has 0 aromatic heterocycles. The van der Waals surface area contributed by atoms with Crippen molar-refractivity contribution in [3.63, 3.8) is 0 Å². The lowest BCUT2D eigenvalue weighted by Crippen LogP contribution is -1.97. The summed E-state index contributed by atoms with van der Waals surface area (Å²) >= 11 is 0. The van der Waals surface area contributed by atoms with E-state index in [1.807, 2.05) is 6.08 Å². The van der Waals surface area contributed by atoms with E-state index in [2.05, 4.69) is 17.8 Å². The zero-order valence-electron chi connectivity index (χ0n) is 6.42. The SMILES string of the molecule is C=CCC1CC=NCCC1. The Hall–Kier alpha value is -0.590. The van der Waals surface area contributed by atoms with E-state index < -0.39 is 0 Å². The summed E-state index contributed by atoms with van der Waals surface area (Å²) in [7, 11) is 0. The summed E-state index contributed by atoms with van der Waals surface area (Å²) in [6.07, 6.45) is 8.99. The Labute approximate surface area is 62.9 Å². The van der Waals surface area contributed by atoms with Crippen molar-refractivity contribution in [3.05, 3.63) is 12.7 Å². The fourth-order valence-electron chi connectivity index (χ4n) is 1.35. The number of hydrogen-bond donors (Lipinski definition) is 0. The minimum absolute atomic E-state index is 0.823. The van der Waals surface area contributed by atoms with E-state index in [0.717, 1.165) is 25.3 Å². The van der Waals surface area contributed by atoms with Gasteiger partial charge < -0.3 is 0 Å². The lowest BCUT2D eigenvalue weighted by atomic mass is 9.97. The molecule has 56 valence electrons. The van der Waals surface area contributed by atoms with E-state index >= 15 is 0 Å². The van der Waals surface area contributed by atoms with Crippen LogP contribution in [0.25, 0.3) is 0 Å². The number of nitrogens with zero attached hydrogens (tertiary/aromatic N) is 1. The van der Waals surface area contributed by atoms with E-state index in [9.17, 15) is 0 Å². The Morgan fingerprint density at radius 3 is 3.40 bits per heavy atom. The second kappa shape index (κ2) is 4.26. The molecule has 0 bridgehead atoms. The third kappa shape index (κ3) is 2.34. The average Bonchev–Trinajstić information content (AvgIpc) is 2.17. The van der Waals surface area contributed by atoms with Gasteiger partial charge in [0.15, 0.2) is 0 Å². The van der Waals surface area contributed by atoms with Crippen LogP contribution in [0.1, 0.15) is 25.7 Å². The molecule has 0 N–H and O–H groups in total.